The molecule has 1 aliphatic rings. The minimum absolute atomic E-state index is 0.0360. The Hall–Kier alpha value is -3.10. The summed E-state index contributed by atoms with van der Waals surface area (Å²) >= 11 is 1.39. The smallest absolute Gasteiger partial charge is 0.416 e. The number of hydrogen-bond donors (Lipinski definition) is 2. The van der Waals surface area contributed by atoms with Gasteiger partial charge < -0.3 is 24.8 Å². The highest BCUT2D eigenvalue weighted by atomic mass is 32.2. The number of unbranched alkanes of at least 4 members (excludes halogenated alkanes) is 2. The van der Waals surface area contributed by atoms with Crippen LogP contribution in [0.3, 0.4) is 0 Å². The Morgan fingerprint density at radius 1 is 1.20 bits per heavy atom. The molecule has 10 nitrogen and oxygen atoms in total. The van der Waals surface area contributed by atoms with Crippen LogP contribution in [-0.4, -0.2) is 61.5 Å². The topological polar surface area (TPSA) is 123 Å². The van der Waals surface area contributed by atoms with E-state index in [1.807, 2.05) is 0 Å². The molecule has 14 heteroatoms. The number of halogens is 3. The predicted molar refractivity (Wildman–Crippen MR) is 147 cm³/mol. The van der Waals surface area contributed by atoms with Crippen LogP contribution in [0.25, 0.3) is 0 Å². The van der Waals surface area contributed by atoms with Crippen LogP contribution in [0, 0.1) is 0 Å². The summed E-state index contributed by atoms with van der Waals surface area (Å²) in [6.45, 7) is 4.74. The highest BCUT2D eigenvalue weighted by molar-refractivity contribution is 8.00. The third-order valence-corrected chi connectivity index (χ3v) is 7.07. The number of nitrogens with zero attached hydrogens (tertiary/aromatic N) is 3. The van der Waals surface area contributed by atoms with E-state index >= 15 is 0 Å². The number of aliphatic hydroxyl groups excluding tert-OH is 1. The number of alkyl halides is 3. The van der Waals surface area contributed by atoms with Gasteiger partial charge in [-0.15, -0.1) is 11.8 Å². The molecule has 41 heavy (non-hydrogen) atoms. The van der Waals surface area contributed by atoms with Crippen LogP contribution in [0.5, 0.6) is 0 Å². The van der Waals surface area contributed by atoms with Crippen LogP contribution in [0.2, 0.25) is 0 Å². The molecule has 0 aliphatic carbocycles. The quantitative estimate of drug-likeness (QED) is 0.354. The van der Waals surface area contributed by atoms with Gasteiger partial charge in [0.2, 0.25) is 5.91 Å². The summed E-state index contributed by atoms with van der Waals surface area (Å²) < 4.78 is 52.7. The Balaban J connectivity index is 1.51. The van der Waals surface area contributed by atoms with Crippen LogP contribution in [0.1, 0.15) is 63.8 Å². The molecule has 1 saturated heterocycles. The van der Waals surface area contributed by atoms with Crippen molar-refractivity contribution < 1.29 is 37.3 Å². The van der Waals surface area contributed by atoms with Crippen LogP contribution in [0.4, 0.5) is 23.8 Å². The van der Waals surface area contributed by atoms with Crippen molar-refractivity contribution in [3.05, 3.63) is 58.1 Å². The average molecular weight is 601 g/mol. The van der Waals surface area contributed by atoms with Crippen molar-refractivity contribution >= 4 is 29.6 Å². The molecule has 0 radical (unpaired) electrons. The molecule has 0 saturated carbocycles. The molecule has 1 aromatic heterocycles. The molecule has 2 aromatic rings. The van der Waals surface area contributed by atoms with E-state index in [2.05, 4.69) is 10.3 Å². The molecule has 1 aromatic carbocycles. The highest BCUT2D eigenvalue weighted by Gasteiger charge is 2.34. The number of carbonyl (C=O) groups excluding carboxylic acids is 2. The number of ether oxygens (including phenoxy) is 2. The summed E-state index contributed by atoms with van der Waals surface area (Å²) in [5.74, 6) is 0.226. The second-order valence-corrected chi connectivity index (χ2v) is 11.6. The summed E-state index contributed by atoms with van der Waals surface area (Å²) in [5.41, 5.74) is -2.67. The summed E-state index contributed by atoms with van der Waals surface area (Å²) in [5, 5.41) is 11.8. The van der Waals surface area contributed by atoms with Crippen molar-refractivity contribution in [2.24, 2.45) is 0 Å². The summed E-state index contributed by atoms with van der Waals surface area (Å²) in [6, 6.07) is 6.58. The van der Waals surface area contributed by atoms with Gasteiger partial charge in [-0.05, 0) is 51.3 Å². The Kier molecular flexibility index (Phi) is 11.2. The standard InChI is InChI=1S/C27H35F3N4O6S/c1-26(2,3)40-25(38)33(15-18-9-6-7-10-19(18)27(28,29)30)13-8-4-5-11-21(36)31-20-12-14-34(24(37)32-20)22-17-41-23(16-35)39-22/h6-7,9-10,12,14,22-23,35H,4-5,8,11,13,15-17H2,1-3H3,(H,31,32,36,37). The molecule has 2 N–H and O–H groups in total. The maximum atomic E-state index is 13.5. The van der Waals surface area contributed by atoms with E-state index in [4.69, 9.17) is 9.47 Å². The lowest BCUT2D eigenvalue weighted by Gasteiger charge is -2.28. The van der Waals surface area contributed by atoms with Gasteiger partial charge >= 0.3 is 18.0 Å². The van der Waals surface area contributed by atoms with E-state index in [0.29, 0.717) is 25.0 Å². The molecule has 0 bridgehead atoms. The van der Waals surface area contributed by atoms with E-state index < -0.39 is 40.8 Å². The normalized spacial score (nSPS) is 17.3. The molecule has 1 fully saturated rings. The van der Waals surface area contributed by atoms with E-state index in [1.165, 1.54) is 51.7 Å². The Bertz CT molecular complexity index is 1250. The van der Waals surface area contributed by atoms with Gasteiger partial charge in [0.25, 0.3) is 0 Å². The van der Waals surface area contributed by atoms with E-state index in [0.717, 1.165) is 6.07 Å². The van der Waals surface area contributed by atoms with E-state index in [1.54, 1.807) is 20.8 Å². The Labute approximate surface area is 240 Å². The fourth-order valence-electron chi connectivity index (χ4n) is 4.06. The molecule has 2 heterocycles. The first-order valence-electron chi connectivity index (χ1n) is 13.2. The fraction of sp³-hybridized carbons (Fsp3) is 0.556. The van der Waals surface area contributed by atoms with Gasteiger partial charge in [-0.25, -0.2) is 9.59 Å². The van der Waals surface area contributed by atoms with Crippen molar-refractivity contribution in [2.75, 3.05) is 24.2 Å². The fourth-order valence-corrected chi connectivity index (χ4v) is 4.99. The second-order valence-electron chi connectivity index (χ2n) is 10.5. The number of aromatic nitrogens is 2. The number of nitrogens with one attached hydrogen (secondary N) is 1. The molecule has 2 unspecified atom stereocenters. The molecular formula is C27H35F3N4O6S. The van der Waals surface area contributed by atoms with Crippen molar-refractivity contribution in [1.82, 2.24) is 14.5 Å². The largest absolute Gasteiger partial charge is 0.444 e. The van der Waals surface area contributed by atoms with Gasteiger partial charge in [-0.1, -0.05) is 24.6 Å². The van der Waals surface area contributed by atoms with E-state index in [-0.39, 0.29) is 43.4 Å². The number of aliphatic hydroxyl groups is 1. The number of thioether (sulfide) groups is 1. The summed E-state index contributed by atoms with van der Waals surface area (Å²) in [6.07, 6.45) is -2.84. The van der Waals surface area contributed by atoms with Crippen molar-refractivity contribution in [3.8, 4) is 0 Å². The number of anilines is 1. The van der Waals surface area contributed by atoms with Gasteiger partial charge in [0.15, 0.2) is 0 Å². The van der Waals surface area contributed by atoms with Crippen molar-refractivity contribution in [3.63, 3.8) is 0 Å². The van der Waals surface area contributed by atoms with Crippen LogP contribution < -0.4 is 11.0 Å². The zero-order valence-electron chi connectivity index (χ0n) is 23.1. The number of rotatable bonds is 11. The monoisotopic (exact) mass is 600 g/mol. The molecule has 0 spiro atoms. The third kappa shape index (κ3) is 10.0. The SMILES string of the molecule is CC(C)(C)OC(=O)N(CCCCCC(=O)Nc1ccn(C2CSC(CO)O2)c(=O)n1)Cc1ccccc1C(F)(F)F. The van der Waals surface area contributed by atoms with Gasteiger partial charge in [0.1, 0.15) is 23.1 Å². The summed E-state index contributed by atoms with van der Waals surface area (Å²) in [7, 11) is 0. The van der Waals surface area contributed by atoms with Crippen molar-refractivity contribution in [2.45, 2.75) is 76.4 Å². The maximum absolute atomic E-state index is 13.5. The molecule has 3 rings (SSSR count). The van der Waals surface area contributed by atoms with Gasteiger partial charge in [0.05, 0.1) is 12.2 Å². The predicted octanol–water partition coefficient (Wildman–Crippen LogP) is 4.78. The first kappa shape index (κ1) is 32.4. The van der Waals surface area contributed by atoms with Crippen LogP contribution >= 0.6 is 11.8 Å². The second kappa shape index (κ2) is 14.2. The number of carbonyl (C=O) groups is 2. The van der Waals surface area contributed by atoms with Gasteiger partial charge in [0, 0.05) is 31.5 Å². The van der Waals surface area contributed by atoms with Crippen molar-refractivity contribution in [1.29, 1.82) is 0 Å². The number of amides is 2. The zero-order valence-corrected chi connectivity index (χ0v) is 24.0. The lowest BCUT2D eigenvalue weighted by Crippen LogP contribution is -2.37. The number of benzene rings is 1. The first-order valence-corrected chi connectivity index (χ1v) is 14.2. The first-order chi connectivity index (χ1) is 19.3. The maximum Gasteiger partial charge on any atom is 0.416 e. The third-order valence-electron chi connectivity index (χ3n) is 5.96. The van der Waals surface area contributed by atoms with Gasteiger partial charge in [-0.3, -0.25) is 9.36 Å². The highest BCUT2D eigenvalue weighted by Crippen LogP contribution is 2.33. The van der Waals surface area contributed by atoms with Crippen LogP contribution in [-0.2, 0) is 27.0 Å². The number of hydrogen-bond acceptors (Lipinski definition) is 8. The minimum Gasteiger partial charge on any atom is -0.444 e. The lowest BCUT2D eigenvalue weighted by molar-refractivity contribution is -0.138. The van der Waals surface area contributed by atoms with Gasteiger partial charge in [-0.2, -0.15) is 18.2 Å². The molecule has 2 atom stereocenters. The van der Waals surface area contributed by atoms with Crippen LogP contribution in [0.15, 0.2) is 41.3 Å². The summed E-state index contributed by atoms with van der Waals surface area (Å²) in [4.78, 5) is 42.6. The Morgan fingerprint density at radius 3 is 2.56 bits per heavy atom. The average Bonchev–Trinajstić information content (AvgIpc) is 3.35. The minimum atomic E-state index is -4.56. The molecular weight excluding hydrogens is 565 g/mol. The molecule has 2 amide bonds. The Morgan fingerprint density at radius 2 is 1.93 bits per heavy atom. The lowest BCUT2D eigenvalue weighted by atomic mass is 10.1. The zero-order chi connectivity index (χ0) is 30.2. The van der Waals surface area contributed by atoms with E-state index in [9.17, 15) is 32.7 Å². The molecule has 1 aliphatic heterocycles. The molecule has 226 valence electrons.